The maximum absolute atomic E-state index is 12.3. The third-order valence-electron chi connectivity index (χ3n) is 3.77. The molecule has 2 aromatic rings. The minimum atomic E-state index is -1.03. The summed E-state index contributed by atoms with van der Waals surface area (Å²) in [7, 11) is 0. The Hall–Kier alpha value is -2.45. The molecule has 134 valence electrons. The average Bonchev–Trinajstić information content (AvgIpc) is 2.62. The highest BCUT2D eigenvalue weighted by Gasteiger charge is 2.29. The Morgan fingerprint density at radius 1 is 1.27 bits per heavy atom. The first kappa shape index (κ1) is 18.3. The monoisotopic (exact) mass is 388 g/mol. The van der Waals surface area contributed by atoms with Crippen molar-refractivity contribution in [1.29, 1.82) is 0 Å². The second-order valence-corrected chi connectivity index (χ2v) is 7.72. The fourth-order valence-corrected chi connectivity index (χ4v) is 4.10. The van der Waals surface area contributed by atoms with Gasteiger partial charge in [-0.25, -0.2) is 4.79 Å². The van der Waals surface area contributed by atoms with E-state index in [4.69, 9.17) is 5.11 Å². The van der Waals surface area contributed by atoms with Crippen LogP contribution < -0.4 is 10.6 Å². The summed E-state index contributed by atoms with van der Waals surface area (Å²) in [6.45, 7) is 0. The van der Waals surface area contributed by atoms with Crippen molar-refractivity contribution in [2.24, 2.45) is 0 Å². The van der Waals surface area contributed by atoms with Crippen LogP contribution in [-0.4, -0.2) is 34.4 Å². The van der Waals surface area contributed by atoms with Crippen molar-refractivity contribution in [2.75, 3.05) is 16.9 Å². The van der Waals surface area contributed by atoms with Crippen molar-refractivity contribution in [1.82, 2.24) is 0 Å². The fourth-order valence-electron chi connectivity index (χ4n) is 2.49. The molecule has 2 amide bonds. The molecule has 0 fully saturated rings. The molecular weight excluding hydrogens is 372 g/mol. The molecule has 26 heavy (non-hydrogen) atoms. The molecule has 0 bridgehead atoms. The van der Waals surface area contributed by atoms with Gasteiger partial charge in [0.1, 0.15) is 0 Å². The number of carboxylic acid groups (broad SMARTS) is 1. The van der Waals surface area contributed by atoms with Gasteiger partial charge in [0.2, 0.25) is 11.8 Å². The minimum Gasteiger partial charge on any atom is -0.478 e. The molecular formula is C18H16N2O4S2. The number of nitrogens with one attached hydrogen (secondary N) is 2. The number of aromatic carboxylic acids is 1. The van der Waals surface area contributed by atoms with Gasteiger partial charge in [-0.05, 0) is 42.7 Å². The number of anilines is 2. The van der Waals surface area contributed by atoms with Crippen molar-refractivity contribution in [3.8, 4) is 0 Å². The molecule has 3 rings (SSSR count). The highest BCUT2D eigenvalue weighted by atomic mass is 32.2. The molecule has 0 aromatic heterocycles. The van der Waals surface area contributed by atoms with Crippen molar-refractivity contribution in [3.63, 3.8) is 0 Å². The largest absolute Gasteiger partial charge is 0.478 e. The predicted molar refractivity (Wildman–Crippen MR) is 103 cm³/mol. The summed E-state index contributed by atoms with van der Waals surface area (Å²) in [5.41, 5.74) is 1.38. The number of fused-ring (bicyclic) bond motifs is 1. The zero-order valence-electron chi connectivity index (χ0n) is 13.8. The van der Waals surface area contributed by atoms with Gasteiger partial charge in [0.05, 0.1) is 16.5 Å². The average molecular weight is 388 g/mol. The lowest BCUT2D eigenvalue weighted by Crippen LogP contribution is -2.32. The van der Waals surface area contributed by atoms with E-state index in [9.17, 15) is 14.4 Å². The molecule has 0 radical (unpaired) electrons. The summed E-state index contributed by atoms with van der Waals surface area (Å²) in [5.74, 6) is -1.57. The van der Waals surface area contributed by atoms with Crippen LogP contribution in [0.4, 0.5) is 11.4 Å². The van der Waals surface area contributed by atoms with Gasteiger partial charge in [0.15, 0.2) is 0 Å². The van der Waals surface area contributed by atoms with Crippen molar-refractivity contribution < 1.29 is 19.5 Å². The van der Waals surface area contributed by atoms with Crippen LogP contribution in [0.2, 0.25) is 0 Å². The number of benzene rings is 2. The van der Waals surface area contributed by atoms with Gasteiger partial charge in [0.25, 0.3) is 0 Å². The van der Waals surface area contributed by atoms with Crippen LogP contribution in [0.25, 0.3) is 0 Å². The van der Waals surface area contributed by atoms with Crippen LogP contribution >= 0.6 is 23.5 Å². The van der Waals surface area contributed by atoms with Crippen molar-refractivity contribution in [3.05, 3.63) is 48.0 Å². The Balaban J connectivity index is 1.69. The Morgan fingerprint density at radius 3 is 2.81 bits per heavy atom. The fraction of sp³-hybridized carbons (Fsp3) is 0.167. The lowest BCUT2D eigenvalue weighted by molar-refractivity contribution is -0.120. The maximum Gasteiger partial charge on any atom is 0.335 e. The van der Waals surface area contributed by atoms with E-state index in [0.717, 1.165) is 4.90 Å². The van der Waals surface area contributed by atoms with Crippen molar-refractivity contribution in [2.45, 2.75) is 21.5 Å². The second kappa shape index (κ2) is 7.84. The van der Waals surface area contributed by atoms with Crippen molar-refractivity contribution >= 4 is 52.7 Å². The molecule has 1 unspecified atom stereocenters. The Bertz CT molecular complexity index is 885. The van der Waals surface area contributed by atoms with Crippen LogP contribution in [0.3, 0.4) is 0 Å². The molecule has 0 spiro atoms. The van der Waals surface area contributed by atoms with E-state index in [2.05, 4.69) is 10.6 Å². The van der Waals surface area contributed by atoms with Crippen LogP contribution in [0.1, 0.15) is 16.8 Å². The maximum atomic E-state index is 12.3. The molecule has 8 heteroatoms. The molecule has 1 heterocycles. The van der Waals surface area contributed by atoms with Crippen LogP contribution in [0.5, 0.6) is 0 Å². The Morgan fingerprint density at radius 2 is 2.08 bits per heavy atom. The molecule has 2 aromatic carbocycles. The van der Waals surface area contributed by atoms with E-state index < -0.39 is 11.2 Å². The Kier molecular flexibility index (Phi) is 5.53. The summed E-state index contributed by atoms with van der Waals surface area (Å²) in [6, 6.07) is 12.0. The van der Waals surface area contributed by atoms with Gasteiger partial charge in [-0.1, -0.05) is 6.07 Å². The van der Waals surface area contributed by atoms with Gasteiger partial charge in [-0.15, -0.1) is 23.5 Å². The number of carbonyl (C=O) groups excluding carboxylic acids is 2. The molecule has 1 aliphatic heterocycles. The number of amides is 2. The second-order valence-electron chi connectivity index (χ2n) is 5.60. The number of carbonyl (C=O) groups is 3. The zero-order chi connectivity index (χ0) is 18.7. The standard InChI is InChI=1S/C18H16N2O4S2/c1-25-12-4-2-3-11(8-12)19-16(21)9-15-17(22)20-13-6-5-10(18(23)24)7-14(13)26-15/h2-8,15H,9H2,1H3,(H,19,21)(H,20,22)(H,23,24). The summed E-state index contributed by atoms with van der Waals surface area (Å²) in [4.78, 5) is 37.3. The highest BCUT2D eigenvalue weighted by Crippen LogP contribution is 2.37. The normalized spacial score (nSPS) is 15.7. The first-order chi connectivity index (χ1) is 12.5. The predicted octanol–water partition coefficient (Wildman–Crippen LogP) is 3.55. The Labute approximate surface area is 158 Å². The third kappa shape index (κ3) is 4.20. The van der Waals surface area contributed by atoms with Crippen LogP contribution in [-0.2, 0) is 9.59 Å². The zero-order valence-corrected chi connectivity index (χ0v) is 15.4. The number of thioether (sulfide) groups is 2. The number of carboxylic acids is 1. The first-order valence-electron chi connectivity index (χ1n) is 7.75. The van der Waals surface area contributed by atoms with Crippen LogP contribution in [0, 0.1) is 0 Å². The van der Waals surface area contributed by atoms with E-state index in [1.807, 2.05) is 24.5 Å². The molecule has 1 aliphatic rings. The quantitative estimate of drug-likeness (QED) is 0.678. The smallest absolute Gasteiger partial charge is 0.335 e. The summed E-state index contributed by atoms with van der Waals surface area (Å²) >= 11 is 2.78. The molecule has 3 N–H and O–H groups in total. The van der Waals surface area contributed by atoms with Gasteiger partial charge in [-0.3, -0.25) is 9.59 Å². The summed E-state index contributed by atoms with van der Waals surface area (Å²) < 4.78 is 0. The van der Waals surface area contributed by atoms with E-state index in [1.165, 1.54) is 23.9 Å². The molecule has 0 aliphatic carbocycles. The molecule has 1 atom stereocenters. The summed E-state index contributed by atoms with van der Waals surface area (Å²) in [5, 5.41) is 14.0. The molecule has 0 saturated carbocycles. The molecule has 6 nitrogen and oxygen atoms in total. The van der Waals surface area contributed by atoms with Gasteiger partial charge in [0, 0.05) is 21.9 Å². The van der Waals surface area contributed by atoms with E-state index in [-0.39, 0.29) is 23.8 Å². The van der Waals surface area contributed by atoms with E-state index in [1.54, 1.807) is 23.9 Å². The number of hydrogen-bond acceptors (Lipinski definition) is 5. The molecule has 0 saturated heterocycles. The third-order valence-corrected chi connectivity index (χ3v) is 5.75. The number of rotatable bonds is 5. The highest BCUT2D eigenvalue weighted by molar-refractivity contribution is 8.01. The van der Waals surface area contributed by atoms with E-state index in [0.29, 0.717) is 16.3 Å². The first-order valence-corrected chi connectivity index (χ1v) is 9.85. The van der Waals surface area contributed by atoms with Gasteiger partial charge < -0.3 is 15.7 Å². The SMILES string of the molecule is CSc1cccc(NC(=O)CC2Sc3cc(C(=O)O)ccc3NC2=O)c1. The van der Waals surface area contributed by atoms with E-state index >= 15 is 0 Å². The minimum absolute atomic E-state index is 0.00324. The lowest BCUT2D eigenvalue weighted by atomic mass is 10.2. The van der Waals surface area contributed by atoms with Gasteiger partial charge >= 0.3 is 5.97 Å². The lowest BCUT2D eigenvalue weighted by Gasteiger charge is -2.24. The van der Waals surface area contributed by atoms with Crippen LogP contribution in [0.15, 0.2) is 52.3 Å². The topological polar surface area (TPSA) is 95.5 Å². The van der Waals surface area contributed by atoms with Gasteiger partial charge in [-0.2, -0.15) is 0 Å². The number of hydrogen-bond donors (Lipinski definition) is 3. The summed E-state index contributed by atoms with van der Waals surface area (Å²) in [6.07, 6.45) is 1.95.